The van der Waals surface area contributed by atoms with Crippen molar-refractivity contribution in [3.63, 3.8) is 0 Å². The van der Waals surface area contributed by atoms with Gasteiger partial charge in [0.25, 0.3) is 0 Å². The Morgan fingerprint density at radius 2 is 2.31 bits per heavy atom. The lowest BCUT2D eigenvalue weighted by atomic mass is 9.92. The second-order valence-electron chi connectivity index (χ2n) is 5.10. The molecule has 1 aliphatic carbocycles. The maximum Gasteiger partial charge on any atom is 0.108 e. The molecule has 3 nitrogen and oxygen atoms in total. The minimum Gasteiger partial charge on any atom is -0.338 e. The largest absolute Gasteiger partial charge is 0.338 e. The number of rotatable bonds is 6. The van der Waals surface area contributed by atoms with Crippen molar-refractivity contribution in [2.24, 2.45) is 12.5 Å². The highest BCUT2D eigenvalue weighted by molar-refractivity contribution is 5.03. The molecule has 1 atom stereocenters. The SMILES string of the molecule is CCNC(C)C1(CCc2nccn2C)CC1. The number of imidazole rings is 1. The van der Waals surface area contributed by atoms with Gasteiger partial charge in [-0.3, -0.25) is 0 Å². The average Bonchev–Trinajstić information content (AvgIpc) is 2.95. The summed E-state index contributed by atoms with van der Waals surface area (Å²) < 4.78 is 2.13. The van der Waals surface area contributed by atoms with Crippen LogP contribution in [0.4, 0.5) is 0 Å². The van der Waals surface area contributed by atoms with Crippen molar-refractivity contribution in [3.05, 3.63) is 18.2 Å². The van der Waals surface area contributed by atoms with Crippen LogP contribution in [0.25, 0.3) is 0 Å². The van der Waals surface area contributed by atoms with E-state index in [0.717, 1.165) is 13.0 Å². The zero-order chi connectivity index (χ0) is 11.6. The Morgan fingerprint density at radius 1 is 1.56 bits per heavy atom. The highest BCUT2D eigenvalue weighted by Crippen LogP contribution is 2.52. The third-order valence-corrected chi connectivity index (χ3v) is 4.09. The van der Waals surface area contributed by atoms with Gasteiger partial charge in [0.2, 0.25) is 0 Å². The van der Waals surface area contributed by atoms with Crippen LogP contribution >= 0.6 is 0 Å². The second kappa shape index (κ2) is 4.58. The molecular weight excluding hydrogens is 198 g/mol. The Bertz CT molecular complexity index is 339. The molecule has 1 N–H and O–H groups in total. The van der Waals surface area contributed by atoms with E-state index in [0.29, 0.717) is 11.5 Å². The second-order valence-corrected chi connectivity index (χ2v) is 5.10. The predicted molar refractivity (Wildman–Crippen MR) is 66.3 cm³/mol. The summed E-state index contributed by atoms with van der Waals surface area (Å²) in [5, 5.41) is 3.57. The van der Waals surface area contributed by atoms with Crippen LogP contribution in [-0.2, 0) is 13.5 Å². The first-order valence-corrected chi connectivity index (χ1v) is 6.37. The molecule has 0 spiro atoms. The number of aryl methyl sites for hydroxylation is 2. The van der Waals surface area contributed by atoms with Crippen molar-refractivity contribution in [2.45, 2.75) is 45.6 Å². The molecule has 0 aromatic carbocycles. The minimum absolute atomic E-state index is 0.557. The van der Waals surface area contributed by atoms with E-state index >= 15 is 0 Å². The van der Waals surface area contributed by atoms with Gasteiger partial charge in [0.05, 0.1) is 0 Å². The topological polar surface area (TPSA) is 29.9 Å². The highest BCUT2D eigenvalue weighted by Gasteiger charge is 2.46. The van der Waals surface area contributed by atoms with E-state index in [1.165, 1.54) is 25.1 Å². The predicted octanol–water partition coefficient (Wildman–Crippen LogP) is 2.13. The van der Waals surface area contributed by atoms with E-state index < -0.39 is 0 Å². The van der Waals surface area contributed by atoms with E-state index in [9.17, 15) is 0 Å². The number of aromatic nitrogens is 2. The molecule has 0 radical (unpaired) electrons. The van der Waals surface area contributed by atoms with Gasteiger partial charge in [0.1, 0.15) is 5.82 Å². The van der Waals surface area contributed by atoms with Crippen molar-refractivity contribution in [3.8, 4) is 0 Å². The molecule has 16 heavy (non-hydrogen) atoms. The van der Waals surface area contributed by atoms with Crippen LogP contribution in [0.15, 0.2) is 12.4 Å². The molecule has 0 bridgehead atoms. The molecule has 3 heteroatoms. The summed E-state index contributed by atoms with van der Waals surface area (Å²) in [5.41, 5.74) is 0.557. The lowest BCUT2D eigenvalue weighted by Crippen LogP contribution is -2.35. The first-order chi connectivity index (χ1) is 7.68. The van der Waals surface area contributed by atoms with Crippen LogP contribution in [0.2, 0.25) is 0 Å². The van der Waals surface area contributed by atoms with Gasteiger partial charge in [-0.2, -0.15) is 0 Å². The minimum atomic E-state index is 0.557. The molecule has 1 unspecified atom stereocenters. The van der Waals surface area contributed by atoms with Crippen molar-refractivity contribution < 1.29 is 0 Å². The van der Waals surface area contributed by atoms with Crippen molar-refractivity contribution in [1.82, 2.24) is 14.9 Å². The first kappa shape index (κ1) is 11.6. The summed E-state index contributed by atoms with van der Waals surface area (Å²) in [7, 11) is 2.08. The molecule has 2 rings (SSSR count). The summed E-state index contributed by atoms with van der Waals surface area (Å²) in [6.07, 6.45) is 9.06. The quantitative estimate of drug-likeness (QED) is 0.797. The Kier molecular flexibility index (Phi) is 3.33. The number of hydrogen-bond acceptors (Lipinski definition) is 2. The van der Waals surface area contributed by atoms with Gasteiger partial charge in [-0.05, 0) is 38.1 Å². The zero-order valence-electron chi connectivity index (χ0n) is 10.7. The van der Waals surface area contributed by atoms with Crippen LogP contribution in [-0.4, -0.2) is 22.1 Å². The number of nitrogens with one attached hydrogen (secondary N) is 1. The van der Waals surface area contributed by atoms with Crippen LogP contribution in [0.3, 0.4) is 0 Å². The fraction of sp³-hybridized carbons (Fsp3) is 0.769. The lowest BCUT2D eigenvalue weighted by Gasteiger charge is -2.24. The highest BCUT2D eigenvalue weighted by atomic mass is 15.0. The van der Waals surface area contributed by atoms with E-state index in [-0.39, 0.29) is 0 Å². The fourth-order valence-electron chi connectivity index (χ4n) is 2.58. The van der Waals surface area contributed by atoms with E-state index in [1.54, 1.807) is 0 Å². The number of nitrogens with zero attached hydrogens (tertiary/aromatic N) is 2. The maximum absolute atomic E-state index is 4.39. The molecule has 1 aromatic rings. The Hall–Kier alpha value is -0.830. The van der Waals surface area contributed by atoms with Crippen LogP contribution in [0.1, 0.15) is 38.9 Å². The summed E-state index contributed by atoms with van der Waals surface area (Å²) >= 11 is 0. The molecule has 90 valence electrons. The van der Waals surface area contributed by atoms with Crippen molar-refractivity contribution in [1.29, 1.82) is 0 Å². The first-order valence-electron chi connectivity index (χ1n) is 6.37. The van der Waals surface area contributed by atoms with Gasteiger partial charge in [-0.1, -0.05) is 6.92 Å². The van der Waals surface area contributed by atoms with Gasteiger partial charge < -0.3 is 9.88 Å². The molecule has 1 aromatic heterocycles. The lowest BCUT2D eigenvalue weighted by molar-refractivity contribution is 0.332. The number of hydrogen-bond donors (Lipinski definition) is 1. The molecule has 0 aliphatic heterocycles. The van der Waals surface area contributed by atoms with Crippen LogP contribution in [0.5, 0.6) is 0 Å². The Balaban J connectivity index is 1.88. The summed E-state index contributed by atoms with van der Waals surface area (Å²) in [4.78, 5) is 4.39. The van der Waals surface area contributed by atoms with Crippen LogP contribution < -0.4 is 5.32 Å². The molecule has 0 amide bonds. The van der Waals surface area contributed by atoms with E-state index in [1.807, 2.05) is 12.4 Å². The molecule has 1 fully saturated rings. The molecule has 1 heterocycles. The summed E-state index contributed by atoms with van der Waals surface area (Å²) in [5.74, 6) is 1.22. The van der Waals surface area contributed by atoms with Gasteiger partial charge in [-0.15, -0.1) is 0 Å². The van der Waals surface area contributed by atoms with Crippen molar-refractivity contribution in [2.75, 3.05) is 6.54 Å². The summed E-state index contributed by atoms with van der Waals surface area (Å²) in [6.45, 7) is 5.59. The summed E-state index contributed by atoms with van der Waals surface area (Å²) in [6, 6.07) is 0.651. The molecular formula is C13H23N3. The van der Waals surface area contributed by atoms with Gasteiger partial charge in [-0.25, -0.2) is 4.98 Å². The monoisotopic (exact) mass is 221 g/mol. The smallest absolute Gasteiger partial charge is 0.108 e. The standard InChI is InChI=1S/C13H23N3/c1-4-14-11(2)13(7-8-13)6-5-12-15-9-10-16(12)3/h9-11,14H,4-8H2,1-3H3. The van der Waals surface area contributed by atoms with Crippen molar-refractivity contribution >= 4 is 0 Å². The third-order valence-electron chi connectivity index (χ3n) is 4.09. The van der Waals surface area contributed by atoms with E-state index in [2.05, 4.69) is 35.8 Å². The Morgan fingerprint density at radius 3 is 2.81 bits per heavy atom. The van der Waals surface area contributed by atoms with Crippen LogP contribution in [0, 0.1) is 5.41 Å². The fourth-order valence-corrected chi connectivity index (χ4v) is 2.58. The zero-order valence-corrected chi connectivity index (χ0v) is 10.7. The third kappa shape index (κ3) is 2.29. The van der Waals surface area contributed by atoms with Gasteiger partial charge in [0.15, 0.2) is 0 Å². The Labute approximate surface area is 98.3 Å². The van der Waals surface area contributed by atoms with Gasteiger partial charge in [0, 0.05) is 31.9 Å². The molecule has 1 saturated carbocycles. The molecule has 1 aliphatic rings. The van der Waals surface area contributed by atoms with E-state index in [4.69, 9.17) is 0 Å². The normalized spacial score (nSPS) is 19.7. The van der Waals surface area contributed by atoms with Gasteiger partial charge >= 0.3 is 0 Å². The molecule has 0 saturated heterocycles. The average molecular weight is 221 g/mol. The maximum atomic E-state index is 4.39.